The Labute approximate surface area is 182 Å². The van der Waals surface area contributed by atoms with Crippen LogP contribution < -0.4 is 4.90 Å². The number of amides is 1. The molecular weight excluding hydrogens is 428 g/mol. The number of nitrogens with zero attached hydrogens (tertiary/aromatic N) is 2. The van der Waals surface area contributed by atoms with Crippen LogP contribution in [0, 0.1) is 6.92 Å². The summed E-state index contributed by atoms with van der Waals surface area (Å²) >= 11 is 9.34. The number of hydrogen-bond donors (Lipinski definition) is 0. The van der Waals surface area contributed by atoms with Crippen molar-refractivity contribution in [2.24, 2.45) is 0 Å². The normalized spacial score (nSPS) is 11.9. The largest absolute Gasteiger partial charge is 0.443 e. The molecule has 0 radical (unpaired) electrons. The van der Waals surface area contributed by atoms with Crippen molar-refractivity contribution in [2.45, 2.75) is 39.8 Å². The van der Waals surface area contributed by atoms with Crippen LogP contribution in [0.3, 0.4) is 0 Å². The fourth-order valence-corrected chi connectivity index (χ4v) is 4.82. The summed E-state index contributed by atoms with van der Waals surface area (Å²) in [4.78, 5) is 31.8. The van der Waals surface area contributed by atoms with Gasteiger partial charge in [0.15, 0.2) is 0 Å². The summed E-state index contributed by atoms with van der Waals surface area (Å²) in [5, 5.41) is 2.26. The summed E-state index contributed by atoms with van der Waals surface area (Å²) in [5.74, 6) is 0. The first-order valence-electron chi connectivity index (χ1n) is 8.94. The second-order valence-corrected chi connectivity index (χ2v) is 9.85. The maximum atomic E-state index is 13.1. The molecule has 0 fully saturated rings. The number of anilines is 1. The molecule has 0 unspecified atom stereocenters. The third kappa shape index (κ3) is 5.04. The van der Waals surface area contributed by atoms with Crippen LogP contribution in [0.25, 0.3) is 16.3 Å². The van der Waals surface area contributed by atoms with Gasteiger partial charge in [-0.3, -0.25) is 9.69 Å². The quantitative estimate of drug-likeness (QED) is 0.255. The fraction of sp³-hybridized carbons (Fsp3) is 0.286. The zero-order valence-corrected chi connectivity index (χ0v) is 19.0. The Morgan fingerprint density at radius 1 is 1.38 bits per heavy atom. The molecule has 0 spiro atoms. The lowest BCUT2D eigenvalue weighted by molar-refractivity contribution is -0.104. The van der Waals surface area contributed by atoms with E-state index in [1.807, 2.05) is 45.2 Å². The number of fused-ring (bicyclic) bond motifs is 1. The highest BCUT2D eigenvalue weighted by Gasteiger charge is 2.27. The molecule has 0 aliphatic heterocycles. The maximum Gasteiger partial charge on any atom is 0.415 e. The van der Waals surface area contributed by atoms with Gasteiger partial charge in [-0.25, -0.2) is 9.78 Å². The third-order valence-electron chi connectivity index (χ3n) is 3.98. The third-order valence-corrected chi connectivity index (χ3v) is 6.31. The van der Waals surface area contributed by atoms with Crippen LogP contribution in [0.5, 0.6) is 0 Å². The number of aryl methyl sites for hydroxylation is 1. The second-order valence-electron chi connectivity index (χ2n) is 7.37. The Hall–Kier alpha value is -2.22. The highest BCUT2D eigenvalue weighted by molar-refractivity contribution is 7.20. The molecule has 152 valence electrons. The summed E-state index contributed by atoms with van der Waals surface area (Å²) in [7, 11) is 0. The van der Waals surface area contributed by atoms with E-state index in [2.05, 4.69) is 4.98 Å². The van der Waals surface area contributed by atoms with E-state index in [1.165, 1.54) is 17.4 Å². The highest BCUT2D eigenvalue weighted by Crippen LogP contribution is 2.39. The fourth-order valence-electron chi connectivity index (χ4n) is 2.76. The summed E-state index contributed by atoms with van der Waals surface area (Å²) in [6.07, 6.45) is 3.46. The van der Waals surface area contributed by atoms with Crippen molar-refractivity contribution in [3.63, 3.8) is 0 Å². The number of allylic oxidation sites excluding steroid dienone is 1. The van der Waals surface area contributed by atoms with Gasteiger partial charge < -0.3 is 4.74 Å². The molecule has 0 aliphatic carbocycles. The van der Waals surface area contributed by atoms with Crippen molar-refractivity contribution < 1.29 is 14.3 Å². The monoisotopic (exact) mass is 448 g/mol. The number of aromatic nitrogens is 1. The van der Waals surface area contributed by atoms with Gasteiger partial charge in [0.2, 0.25) is 0 Å². The Morgan fingerprint density at radius 3 is 2.76 bits per heavy atom. The van der Waals surface area contributed by atoms with Crippen LogP contribution >= 0.6 is 34.3 Å². The number of carbonyl (C=O) groups is 2. The van der Waals surface area contributed by atoms with E-state index in [-0.39, 0.29) is 0 Å². The molecule has 1 amide bonds. The van der Waals surface area contributed by atoms with Crippen molar-refractivity contribution in [2.75, 3.05) is 4.90 Å². The zero-order chi connectivity index (χ0) is 21.2. The van der Waals surface area contributed by atoms with Gasteiger partial charge in [0.1, 0.15) is 17.0 Å². The Morgan fingerprint density at radius 2 is 2.14 bits per heavy atom. The van der Waals surface area contributed by atoms with Gasteiger partial charge in [0.25, 0.3) is 0 Å². The standard InChI is InChI=1S/C21H21ClN2O3S2/c1-13-16(8-5-9-25)29-19-15(11-17(22)23-18(13)19)24(12-14-7-6-10-28-14)20(26)27-21(2,3)4/h5-11H,12H2,1-4H3/b8-5+. The predicted molar refractivity (Wildman–Crippen MR) is 121 cm³/mol. The smallest absolute Gasteiger partial charge is 0.415 e. The van der Waals surface area contributed by atoms with E-state index >= 15 is 0 Å². The van der Waals surface area contributed by atoms with E-state index in [1.54, 1.807) is 28.4 Å². The van der Waals surface area contributed by atoms with Crippen LogP contribution in [-0.2, 0) is 16.1 Å². The summed E-state index contributed by atoms with van der Waals surface area (Å²) in [5.41, 5.74) is 1.63. The number of hydrogen-bond acceptors (Lipinski definition) is 6. The molecule has 3 rings (SSSR count). The molecule has 0 aliphatic rings. The Kier molecular flexibility index (Phi) is 6.41. The van der Waals surface area contributed by atoms with Gasteiger partial charge in [0.05, 0.1) is 22.4 Å². The summed E-state index contributed by atoms with van der Waals surface area (Å²) in [6, 6.07) is 5.60. The highest BCUT2D eigenvalue weighted by atomic mass is 35.5. The first-order valence-corrected chi connectivity index (χ1v) is 11.0. The van der Waals surface area contributed by atoms with Crippen LogP contribution in [0.2, 0.25) is 5.15 Å². The van der Waals surface area contributed by atoms with Crippen molar-refractivity contribution in [3.05, 3.63) is 50.1 Å². The van der Waals surface area contributed by atoms with Crippen molar-refractivity contribution in [1.29, 1.82) is 0 Å². The molecule has 0 aromatic carbocycles. The van der Waals surface area contributed by atoms with E-state index in [4.69, 9.17) is 16.3 Å². The van der Waals surface area contributed by atoms with Gasteiger partial charge in [-0.1, -0.05) is 17.7 Å². The minimum atomic E-state index is -0.635. The van der Waals surface area contributed by atoms with Gasteiger partial charge in [0, 0.05) is 15.8 Å². The van der Waals surface area contributed by atoms with Gasteiger partial charge in [-0.2, -0.15) is 0 Å². The molecular formula is C21H21ClN2O3S2. The van der Waals surface area contributed by atoms with Crippen molar-refractivity contribution in [1.82, 2.24) is 4.98 Å². The van der Waals surface area contributed by atoms with Gasteiger partial charge in [-0.05, 0) is 56.9 Å². The number of aldehydes is 1. The summed E-state index contributed by atoms with van der Waals surface area (Å²) < 4.78 is 6.49. The number of pyridine rings is 1. The molecule has 3 aromatic rings. The Bertz CT molecular complexity index is 1070. The number of halogens is 1. The van der Waals surface area contributed by atoms with E-state index in [9.17, 15) is 9.59 Å². The molecule has 8 heteroatoms. The molecule has 0 saturated carbocycles. The molecule has 3 aromatic heterocycles. The average Bonchev–Trinajstić information content (AvgIpc) is 3.25. The molecule has 29 heavy (non-hydrogen) atoms. The summed E-state index contributed by atoms with van der Waals surface area (Å²) in [6.45, 7) is 7.79. The number of thiophene rings is 2. The van der Waals surface area contributed by atoms with Gasteiger partial charge >= 0.3 is 6.09 Å². The van der Waals surface area contributed by atoms with Crippen molar-refractivity contribution >= 4 is 68.6 Å². The topological polar surface area (TPSA) is 59.5 Å². The maximum absolute atomic E-state index is 13.1. The van der Waals surface area contributed by atoms with Crippen LogP contribution in [0.15, 0.2) is 29.7 Å². The molecule has 0 bridgehead atoms. The molecule has 5 nitrogen and oxygen atoms in total. The number of ether oxygens (including phenoxy) is 1. The first-order chi connectivity index (χ1) is 13.7. The van der Waals surface area contributed by atoms with Crippen LogP contribution in [-0.4, -0.2) is 23.0 Å². The lowest BCUT2D eigenvalue weighted by Gasteiger charge is -2.27. The molecule has 0 N–H and O–H groups in total. The first kappa shape index (κ1) is 21.5. The lowest BCUT2D eigenvalue weighted by Crippen LogP contribution is -2.36. The van der Waals surface area contributed by atoms with Crippen LogP contribution in [0.1, 0.15) is 36.1 Å². The Balaban J connectivity index is 2.16. The second kappa shape index (κ2) is 8.65. The molecule has 3 heterocycles. The molecule has 0 saturated heterocycles. The minimum Gasteiger partial charge on any atom is -0.443 e. The SMILES string of the molecule is Cc1c(/C=C/C=O)sc2c(N(Cc3cccs3)C(=O)OC(C)(C)C)cc(Cl)nc12. The average molecular weight is 449 g/mol. The van der Waals surface area contributed by atoms with Crippen LogP contribution in [0.4, 0.5) is 10.5 Å². The van der Waals surface area contributed by atoms with Gasteiger partial charge in [-0.15, -0.1) is 22.7 Å². The van der Waals surface area contributed by atoms with E-state index in [0.29, 0.717) is 22.9 Å². The number of rotatable bonds is 5. The zero-order valence-electron chi connectivity index (χ0n) is 16.6. The van der Waals surface area contributed by atoms with E-state index < -0.39 is 11.7 Å². The minimum absolute atomic E-state index is 0.291. The predicted octanol–water partition coefficient (Wildman–Crippen LogP) is 6.47. The molecule has 0 atom stereocenters. The number of carbonyl (C=O) groups excluding carboxylic acids is 2. The van der Waals surface area contributed by atoms with E-state index in [0.717, 1.165) is 26.3 Å². The lowest BCUT2D eigenvalue weighted by atomic mass is 10.2. The van der Waals surface area contributed by atoms with Crippen molar-refractivity contribution in [3.8, 4) is 0 Å².